The summed E-state index contributed by atoms with van der Waals surface area (Å²) in [5, 5.41) is 14.0. The topological polar surface area (TPSA) is 88.4 Å². The molecule has 4 rings (SSSR count). The van der Waals surface area contributed by atoms with E-state index in [2.05, 4.69) is 10.3 Å². The zero-order valence-electron chi connectivity index (χ0n) is 14.6. The lowest BCUT2D eigenvalue weighted by atomic mass is 10.2. The first-order chi connectivity index (χ1) is 13.5. The molecule has 0 radical (unpaired) electrons. The number of rotatable bonds is 5. The van der Waals surface area contributed by atoms with Crippen LogP contribution in [-0.4, -0.2) is 20.7 Å². The van der Waals surface area contributed by atoms with E-state index in [-0.39, 0.29) is 23.8 Å². The monoisotopic (exact) mass is 378 g/mol. The molecule has 8 heteroatoms. The average Bonchev–Trinajstić information content (AvgIpc) is 2.96. The summed E-state index contributed by atoms with van der Waals surface area (Å²) >= 11 is 0. The first-order valence-corrected chi connectivity index (χ1v) is 8.55. The number of aromatic nitrogens is 1. The molecular weight excluding hydrogens is 363 g/mol. The summed E-state index contributed by atoms with van der Waals surface area (Å²) < 4.78 is 14.3. The normalized spacial score (nSPS) is 15.4. The molecule has 1 N–H and O–H groups in total. The van der Waals surface area contributed by atoms with Crippen molar-refractivity contribution in [3.63, 3.8) is 0 Å². The molecule has 7 nitrogen and oxygen atoms in total. The van der Waals surface area contributed by atoms with Crippen molar-refractivity contribution >= 4 is 17.3 Å². The van der Waals surface area contributed by atoms with Crippen molar-refractivity contribution in [2.45, 2.75) is 12.7 Å². The molecule has 0 spiro atoms. The van der Waals surface area contributed by atoms with E-state index in [9.17, 15) is 19.3 Å². The van der Waals surface area contributed by atoms with Crippen molar-refractivity contribution in [1.82, 2.24) is 9.88 Å². The summed E-state index contributed by atoms with van der Waals surface area (Å²) in [5.74, 6) is -0.891. The van der Waals surface area contributed by atoms with E-state index in [1.54, 1.807) is 18.3 Å². The number of fused-ring (bicyclic) bond motifs is 1. The fraction of sp³-hybridized carbons (Fsp3) is 0.100. The van der Waals surface area contributed by atoms with Gasteiger partial charge >= 0.3 is 0 Å². The SMILES string of the molecule is O=C1c2cccnc2[C@H](Nc2cc([N+](=O)[O-])ccc2F)N1Cc1ccccc1. The second-order valence-electron chi connectivity index (χ2n) is 6.32. The predicted molar refractivity (Wildman–Crippen MR) is 100.0 cm³/mol. The van der Waals surface area contributed by atoms with Gasteiger partial charge < -0.3 is 10.2 Å². The quantitative estimate of drug-likeness (QED) is 0.537. The maximum Gasteiger partial charge on any atom is 0.271 e. The molecule has 1 aliphatic heterocycles. The van der Waals surface area contributed by atoms with Crippen molar-refractivity contribution < 1.29 is 14.1 Å². The van der Waals surface area contributed by atoms with E-state index >= 15 is 0 Å². The molecule has 0 fully saturated rings. The third kappa shape index (κ3) is 3.16. The third-order valence-corrected chi connectivity index (χ3v) is 4.55. The molecule has 1 atom stereocenters. The fourth-order valence-electron chi connectivity index (χ4n) is 3.21. The van der Waals surface area contributed by atoms with Crippen molar-refractivity contribution in [3.05, 3.63) is 99.6 Å². The molecule has 2 aromatic carbocycles. The number of hydrogen-bond donors (Lipinski definition) is 1. The number of anilines is 1. The second-order valence-corrected chi connectivity index (χ2v) is 6.32. The Morgan fingerprint density at radius 1 is 1.14 bits per heavy atom. The van der Waals surface area contributed by atoms with E-state index in [1.807, 2.05) is 30.3 Å². The molecule has 1 aliphatic rings. The van der Waals surface area contributed by atoms with Crippen LogP contribution in [0.5, 0.6) is 0 Å². The summed E-state index contributed by atoms with van der Waals surface area (Å²) in [6, 6.07) is 15.9. The van der Waals surface area contributed by atoms with Crippen molar-refractivity contribution in [2.24, 2.45) is 0 Å². The Kier molecular flexibility index (Phi) is 4.44. The lowest BCUT2D eigenvalue weighted by molar-refractivity contribution is -0.384. The smallest absolute Gasteiger partial charge is 0.271 e. The molecule has 1 aromatic heterocycles. The van der Waals surface area contributed by atoms with Gasteiger partial charge in [-0.25, -0.2) is 4.39 Å². The Labute approximate surface area is 159 Å². The van der Waals surface area contributed by atoms with E-state index in [4.69, 9.17) is 0 Å². The first kappa shape index (κ1) is 17.6. The number of non-ortho nitro benzene ring substituents is 1. The van der Waals surface area contributed by atoms with Crippen LogP contribution in [0.25, 0.3) is 0 Å². The Morgan fingerprint density at radius 3 is 2.68 bits per heavy atom. The van der Waals surface area contributed by atoms with E-state index in [1.165, 1.54) is 4.90 Å². The van der Waals surface area contributed by atoms with E-state index < -0.39 is 16.9 Å². The number of nitrogens with one attached hydrogen (secondary N) is 1. The number of amides is 1. The minimum atomic E-state index is -0.750. The van der Waals surface area contributed by atoms with Gasteiger partial charge in [0.15, 0.2) is 0 Å². The number of hydrogen-bond acceptors (Lipinski definition) is 5. The molecule has 0 bridgehead atoms. The lowest BCUT2D eigenvalue weighted by Gasteiger charge is -2.26. The van der Waals surface area contributed by atoms with Gasteiger partial charge in [0.25, 0.3) is 11.6 Å². The average molecular weight is 378 g/mol. The summed E-state index contributed by atoms with van der Waals surface area (Å²) in [6.07, 6.45) is 0.803. The predicted octanol–water partition coefficient (Wildman–Crippen LogP) is 3.90. The van der Waals surface area contributed by atoms with Crippen LogP contribution in [0.1, 0.15) is 27.8 Å². The Morgan fingerprint density at radius 2 is 1.93 bits per heavy atom. The van der Waals surface area contributed by atoms with Crippen LogP contribution < -0.4 is 5.32 Å². The summed E-state index contributed by atoms with van der Waals surface area (Å²) in [4.78, 5) is 29.2. The van der Waals surface area contributed by atoms with Crippen LogP contribution in [0, 0.1) is 15.9 Å². The fourth-order valence-corrected chi connectivity index (χ4v) is 3.21. The standard InChI is InChI=1S/C20H15FN4O3/c21-16-9-8-14(25(27)28)11-17(16)23-19-18-15(7-4-10-22-18)20(26)24(19)12-13-5-2-1-3-6-13/h1-11,19,23H,12H2/t19-/m1/s1. The van der Waals surface area contributed by atoms with Gasteiger partial charge in [-0.2, -0.15) is 0 Å². The van der Waals surface area contributed by atoms with Gasteiger partial charge in [-0.3, -0.25) is 19.9 Å². The van der Waals surface area contributed by atoms with E-state index in [0.29, 0.717) is 11.3 Å². The van der Waals surface area contributed by atoms with E-state index in [0.717, 1.165) is 23.8 Å². The highest BCUT2D eigenvalue weighted by Gasteiger charge is 2.38. The van der Waals surface area contributed by atoms with Gasteiger partial charge in [-0.05, 0) is 23.8 Å². The Hall–Kier alpha value is -3.81. The highest BCUT2D eigenvalue weighted by Crippen LogP contribution is 2.35. The van der Waals surface area contributed by atoms with Gasteiger partial charge in [0.05, 0.1) is 21.9 Å². The van der Waals surface area contributed by atoms with Gasteiger partial charge in [0.2, 0.25) is 0 Å². The molecule has 0 unspecified atom stereocenters. The molecule has 0 saturated carbocycles. The number of carbonyl (C=O) groups is 1. The zero-order chi connectivity index (χ0) is 19.7. The first-order valence-electron chi connectivity index (χ1n) is 8.55. The van der Waals surface area contributed by atoms with Crippen LogP contribution in [0.3, 0.4) is 0 Å². The van der Waals surface area contributed by atoms with Crippen LogP contribution in [-0.2, 0) is 6.54 Å². The molecule has 28 heavy (non-hydrogen) atoms. The van der Waals surface area contributed by atoms with Gasteiger partial charge in [0.1, 0.15) is 12.0 Å². The highest BCUT2D eigenvalue weighted by atomic mass is 19.1. The third-order valence-electron chi connectivity index (χ3n) is 4.55. The number of nitrogens with zero attached hydrogens (tertiary/aromatic N) is 3. The van der Waals surface area contributed by atoms with Crippen molar-refractivity contribution in [1.29, 1.82) is 0 Å². The maximum absolute atomic E-state index is 14.3. The zero-order valence-corrected chi connectivity index (χ0v) is 14.6. The molecule has 3 aromatic rings. The number of benzene rings is 2. The summed E-state index contributed by atoms with van der Waals surface area (Å²) in [6.45, 7) is 0.282. The molecule has 1 amide bonds. The molecule has 2 heterocycles. The van der Waals surface area contributed by atoms with Crippen LogP contribution in [0.4, 0.5) is 15.8 Å². The lowest BCUT2D eigenvalue weighted by Crippen LogP contribution is -2.32. The summed E-state index contributed by atoms with van der Waals surface area (Å²) in [7, 11) is 0. The number of nitro benzene ring substituents is 1. The Bertz CT molecular complexity index is 1060. The van der Waals surface area contributed by atoms with Gasteiger partial charge in [0, 0.05) is 24.9 Å². The van der Waals surface area contributed by atoms with Crippen molar-refractivity contribution in [2.75, 3.05) is 5.32 Å². The molecule has 0 aliphatic carbocycles. The molecule has 0 saturated heterocycles. The van der Waals surface area contributed by atoms with Gasteiger partial charge in [-0.15, -0.1) is 0 Å². The highest BCUT2D eigenvalue weighted by molar-refractivity contribution is 5.98. The molecular formula is C20H15FN4O3. The number of carbonyl (C=O) groups excluding carboxylic acids is 1. The van der Waals surface area contributed by atoms with Crippen LogP contribution in [0.2, 0.25) is 0 Å². The second kappa shape index (κ2) is 7.07. The number of halogens is 1. The van der Waals surface area contributed by atoms with Crippen LogP contribution in [0.15, 0.2) is 66.9 Å². The van der Waals surface area contributed by atoms with Crippen molar-refractivity contribution in [3.8, 4) is 0 Å². The Balaban J connectivity index is 1.72. The largest absolute Gasteiger partial charge is 0.357 e. The minimum absolute atomic E-state index is 0.0661. The van der Waals surface area contributed by atoms with Gasteiger partial charge in [-0.1, -0.05) is 30.3 Å². The van der Waals surface area contributed by atoms with Crippen LogP contribution >= 0.6 is 0 Å². The minimum Gasteiger partial charge on any atom is -0.357 e. The molecule has 140 valence electrons. The maximum atomic E-state index is 14.3. The summed E-state index contributed by atoms with van der Waals surface area (Å²) in [5.41, 5.74) is 1.46. The number of nitro groups is 1. The number of pyridine rings is 1.